The second-order valence-corrected chi connectivity index (χ2v) is 9.06. The Morgan fingerprint density at radius 2 is 2.03 bits per heavy atom. The smallest absolute Gasteiger partial charge is 0.348 e. The summed E-state index contributed by atoms with van der Waals surface area (Å²) >= 11 is 3.78. The van der Waals surface area contributed by atoms with Crippen LogP contribution in [0.5, 0.6) is 0 Å². The predicted molar refractivity (Wildman–Crippen MR) is 115 cm³/mol. The quantitative estimate of drug-likeness (QED) is 0.255. The molecule has 0 aliphatic rings. The van der Waals surface area contributed by atoms with Gasteiger partial charge in [-0.1, -0.05) is 11.3 Å². The SMILES string of the molecule is CCOC(=O)c1sc2nc(NC(=O)c3cc4cc([N+](=O)[O-])ccc4s3)sc2c1C. The number of aromatic nitrogens is 1. The number of anilines is 1. The van der Waals surface area contributed by atoms with Gasteiger partial charge in [-0.3, -0.25) is 20.2 Å². The van der Waals surface area contributed by atoms with Gasteiger partial charge in [0.05, 0.1) is 21.1 Å². The number of carbonyl (C=O) groups excluding carboxylic acids is 2. The number of nitrogens with zero attached hydrogens (tertiary/aromatic N) is 2. The van der Waals surface area contributed by atoms with Gasteiger partial charge >= 0.3 is 5.97 Å². The molecule has 0 saturated heterocycles. The van der Waals surface area contributed by atoms with E-state index in [1.807, 2.05) is 6.92 Å². The Bertz CT molecular complexity index is 1290. The summed E-state index contributed by atoms with van der Waals surface area (Å²) in [4.78, 5) is 41.1. The second kappa shape index (κ2) is 7.50. The number of hydrogen-bond donors (Lipinski definition) is 1. The van der Waals surface area contributed by atoms with Gasteiger partial charge in [0.15, 0.2) is 5.13 Å². The summed E-state index contributed by atoms with van der Waals surface area (Å²) in [5.74, 6) is -0.705. The molecule has 3 aromatic heterocycles. The number of amides is 1. The Labute approximate surface area is 175 Å². The van der Waals surface area contributed by atoms with Gasteiger partial charge in [0.25, 0.3) is 11.6 Å². The Morgan fingerprint density at radius 3 is 2.72 bits per heavy atom. The molecular weight excluding hydrogens is 434 g/mol. The minimum Gasteiger partial charge on any atom is -0.462 e. The highest BCUT2D eigenvalue weighted by Crippen LogP contribution is 2.37. The molecular formula is C18H13N3O5S3. The van der Waals surface area contributed by atoms with Gasteiger partial charge in [-0.25, -0.2) is 9.78 Å². The van der Waals surface area contributed by atoms with Gasteiger partial charge in [-0.15, -0.1) is 22.7 Å². The lowest BCUT2D eigenvalue weighted by atomic mass is 10.2. The zero-order valence-electron chi connectivity index (χ0n) is 15.2. The van der Waals surface area contributed by atoms with Gasteiger partial charge in [-0.2, -0.15) is 0 Å². The first-order valence-corrected chi connectivity index (χ1v) is 10.9. The predicted octanol–water partition coefficient (Wildman–Crippen LogP) is 5.22. The standard InChI is InChI=1S/C18H13N3O5S3/c1-3-26-17(23)14-8(2)13-16(28-14)20-18(29-13)19-15(22)12-7-9-6-10(21(24)25)4-5-11(9)27-12/h4-7H,3H2,1-2H3,(H,19,20,22). The number of aryl methyl sites for hydroxylation is 1. The molecule has 8 nitrogen and oxygen atoms in total. The highest BCUT2D eigenvalue weighted by Gasteiger charge is 2.21. The fourth-order valence-electron chi connectivity index (χ4n) is 2.75. The number of non-ortho nitro benzene ring substituents is 1. The second-order valence-electron chi connectivity index (χ2n) is 5.97. The van der Waals surface area contributed by atoms with E-state index in [0.717, 1.165) is 15.0 Å². The first kappa shape index (κ1) is 19.4. The molecule has 0 saturated carbocycles. The van der Waals surface area contributed by atoms with Crippen LogP contribution >= 0.6 is 34.0 Å². The van der Waals surface area contributed by atoms with E-state index < -0.39 is 4.92 Å². The maximum atomic E-state index is 12.6. The zero-order valence-corrected chi connectivity index (χ0v) is 17.6. The number of carbonyl (C=O) groups is 2. The third-order valence-electron chi connectivity index (χ3n) is 4.09. The number of rotatable bonds is 5. The lowest BCUT2D eigenvalue weighted by molar-refractivity contribution is -0.384. The summed E-state index contributed by atoms with van der Waals surface area (Å²) in [6.07, 6.45) is 0. The van der Waals surface area contributed by atoms with Crippen LogP contribution in [0, 0.1) is 17.0 Å². The van der Waals surface area contributed by atoms with Crippen LogP contribution < -0.4 is 5.32 Å². The van der Waals surface area contributed by atoms with Crippen molar-refractivity contribution in [1.82, 2.24) is 4.98 Å². The number of thiazole rings is 1. The minimum atomic E-state index is -0.466. The lowest BCUT2D eigenvalue weighted by Crippen LogP contribution is -2.09. The summed E-state index contributed by atoms with van der Waals surface area (Å²) in [6, 6.07) is 6.12. The number of nitrogens with one attached hydrogen (secondary N) is 1. The van der Waals surface area contributed by atoms with E-state index in [-0.39, 0.29) is 17.6 Å². The summed E-state index contributed by atoms with van der Waals surface area (Å²) in [7, 11) is 0. The largest absolute Gasteiger partial charge is 0.462 e. The average Bonchev–Trinajstić information content (AvgIpc) is 3.35. The number of thiophene rings is 2. The fourth-order valence-corrected chi connectivity index (χ4v) is 5.89. The van der Waals surface area contributed by atoms with E-state index in [0.29, 0.717) is 31.7 Å². The van der Waals surface area contributed by atoms with E-state index in [4.69, 9.17) is 4.74 Å². The van der Waals surface area contributed by atoms with Crippen molar-refractivity contribution >= 4 is 76.3 Å². The Morgan fingerprint density at radius 1 is 1.24 bits per heavy atom. The third-order valence-corrected chi connectivity index (χ3v) is 7.59. The molecule has 0 bridgehead atoms. The maximum absolute atomic E-state index is 12.6. The van der Waals surface area contributed by atoms with Crippen molar-refractivity contribution in [2.45, 2.75) is 13.8 Å². The number of benzene rings is 1. The molecule has 0 aliphatic heterocycles. The molecule has 4 aromatic rings. The molecule has 4 rings (SSSR count). The van der Waals surface area contributed by atoms with Crippen molar-refractivity contribution in [3.05, 3.63) is 49.7 Å². The van der Waals surface area contributed by atoms with Crippen LogP contribution in [0.1, 0.15) is 31.8 Å². The Hall–Kier alpha value is -2.89. The van der Waals surface area contributed by atoms with E-state index >= 15 is 0 Å². The zero-order chi connectivity index (χ0) is 20.7. The monoisotopic (exact) mass is 447 g/mol. The van der Waals surface area contributed by atoms with Crippen LogP contribution in [0.4, 0.5) is 10.8 Å². The molecule has 0 unspecified atom stereocenters. The van der Waals surface area contributed by atoms with Gasteiger partial charge in [0.2, 0.25) is 0 Å². The normalized spacial score (nSPS) is 11.1. The Balaban J connectivity index is 1.58. The minimum absolute atomic E-state index is 0.0182. The van der Waals surface area contributed by atoms with Crippen molar-refractivity contribution in [2.75, 3.05) is 11.9 Å². The highest BCUT2D eigenvalue weighted by molar-refractivity contribution is 7.30. The van der Waals surface area contributed by atoms with Gasteiger partial charge in [0.1, 0.15) is 9.71 Å². The molecule has 148 valence electrons. The van der Waals surface area contributed by atoms with Crippen LogP contribution in [0.25, 0.3) is 19.6 Å². The van der Waals surface area contributed by atoms with E-state index in [9.17, 15) is 19.7 Å². The van der Waals surface area contributed by atoms with Crippen molar-refractivity contribution in [3.8, 4) is 0 Å². The van der Waals surface area contributed by atoms with Crippen LogP contribution in [0.3, 0.4) is 0 Å². The molecule has 3 heterocycles. The molecule has 0 spiro atoms. The first-order valence-electron chi connectivity index (χ1n) is 8.43. The summed E-state index contributed by atoms with van der Waals surface area (Å²) in [6.45, 7) is 3.88. The van der Waals surface area contributed by atoms with E-state index in [2.05, 4.69) is 10.3 Å². The molecule has 0 fully saturated rings. The average molecular weight is 448 g/mol. The van der Waals surface area contributed by atoms with Crippen LogP contribution in [0.15, 0.2) is 24.3 Å². The van der Waals surface area contributed by atoms with Crippen molar-refractivity contribution in [2.24, 2.45) is 0 Å². The summed E-state index contributed by atoms with van der Waals surface area (Å²) in [5, 5.41) is 14.8. The molecule has 1 N–H and O–H groups in total. The topological polar surface area (TPSA) is 111 Å². The number of nitro benzene ring substituents is 1. The van der Waals surface area contributed by atoms with Gasteiger partial charge < -0.3 is 4.74 Å². The Kier molecular flexibility index (Phi) is 5.03. The van der Waals surface area contributed by atoms with Crippen molar-refractivity contribution in [1.29, 1.82) is 0 Å². The summed E-state index contributed by atoms with van der Waals surface area (Å²) in [5.41, 5.74) is 0.769. The summed E-state index contributed by atoms with van der Waals surface area (Å²) < 4.78 is 6.67. The van der Waals surface area contributed by atoms with E-state index in [1.54, 1.807) is 19.1 Å². The molecule has 1 aromatic carbocycles. The number of esters is 1. The van der Waals surface area contributed by atoms with E-state index in [1.165, 1.54) is 46.1 Å². The van der Waals surface area contributed by atoms with Crippen molar-refractivity contribution < 1.29 is 19.2 Å². The number of ether oxygens (including phenoxy) is 1. The highest BCUT2D eigenvalue weighted by atomic mass is 32.1. The first-order chi connectivity index (χ1) is 13.9. The van der Waals surface area contributed by atoms with Crippen molar-refractivity contribution in [3.63, 3.8) is 0 Å². The fraction of sp³-hybridized carbons (Fsp3) is 0.167. The van der Waals surface area contributed by atoms with Crippen LogP contribution in [-0.2, 0) is 4.74 Å². The number of nitro groups is 1. The number of hydrogen-bond acceptors (Lipinski definition) is 9. The maximum Gasteiger partial charge on any atom is 0.348 e. The molecule has 0 radical (unpaired) electrons. The molecule has 11 heteroatoms. The number of fused-ring (bicyclic) bond motifs is 2. The molecule has 0 atom stereocenters. The molecule has 1 amide bonds. The lowest BCUT2D eigenvalue weighted by Gasteiger charge is -2.00. The molecule has 29 heavy (non-hydrogen) atoms. The van der Waals surface area contributed by atoms with Crippen LogP contribution in [0.2, 0.25) is 0 Å². The van der Waals surface area contributed by atoms with Gasteiger partial charge in [0, 0.05) is 22.2 Å². The van der Waals surface area contributed by atoms with Gasteiger partial charge in [-0.05, 0) is 31.5 Å². The molecule has 0 aliphatic carbocycles. The van der Waals surface area contributed by atoms with Crippen LogP contribution in [-0.4, -0.2) is 28.4 Å². The third kappa shape index (κ3) is 3.59.